The highest BCUT2D eigenvalue weighted by Crippen LogP contribution is 2.39. The minimum atomic E-state index is -0.0956. The Balaban J connectivity index is 1.62. The minimum absolute atomic E-state index is 0.0956. The zero-order valence-corrected chi connectivity index (χ0v) is 21.0. The van der Waals surface area contributed by atoms with Gasteiger partial charge in [-0.2, -0.15) is 0 Å². The van der Waals surface area contributed by atoms with Crippen LogP contribution < -0.4 is 14.2 Å². The molecular weight excluding hydrogens is 466 g/mol. The number of ether oxygens (including phenoxy) is 3. The lowest BCUT2D eigenvalue weighted by Gasteiger charge is -2.14. The Morgan fingerprint density at radius 2 is 1.78 bits per heavy atom. The van der Waals surface area contributed by atoms with E-state index in [9.17, 15) is 4.79 Å². The van der Waals surface area contributed by atoms with Crippen molar-refractivity contribution in [3.8, 4) is 17.2 Å². The second kappa shape index (κ2) is 11.1. The number of amides is 1. The Bertz CT molecular complexity index is 1030. The molecule has 8 heteroatoms. The molecule has 0 aliphatic carbocycles. The van der Waals surface area contributed by atoms with Gasteiger partial charge in [-0.3, -0.25) is 9.69 Å². The maximum atomic E-state index is 12.4. The molecule has 0 N–H and O–H groups in total. The molecule has 2 aromatic carbocycles. The van der Waals surface area contributed by atoms with Crippen molar-refractivity contribution in [2.45, 2.75) is 27.2 Å². The summed E-state index contributed by atoms with van der Waals surface area (Å²) in [5, 5.41) is 0.414. The molecule has 0 bridgehead atoms. The summed E-state index contributed by atoms with van der Waals surface area (Å²) in [4.78, 5) is 14.6. The Morgan fingerprint density at radius 1 is 1.09 bits per heavy atom. The lowest BCUT2D eigenvalue weighted by molar-refractivity contribution is -0.121. The number of carbonyl (C=O) groups excluding carboxylic acids is 1. The van der Waals surface area contributed by atoms with Crippen LogP contribution in [0.4, 0.5) is 0 Å². The number of methoxy groups -OCH3 is 1. The normalized spacial score (nSPS) is 14.9. The highest BCUT2D eigenvalue weighted by Gasteiger charge is 2.30. The Kier molecular flexibility index (Phi) is 8.45. The van der Waals surface area contributed by atoms with E-state index in [1.54, 1.807) is 30.2 Å². The molecule has 1 aliphatic rings. The SMILES string of the molecule is CCN1C(=O)/C(=C/c2cc(Cl)c(OCCCOc3cc(C)cc(C)c3)c(OC)c2)SC1=S. The highest BCUT2D eigenvalue weighted by atomic mass is 35.5. The molecule has 1 saturated heterocycles. The van der Waals surface area contributed by atoms with Crippen LogP contribution in [0.3, 0.4) is 0 Å². The standard InChI is InChI=1S/C24H26ClNO4S2/c1-5-26-23(27)21(32-24(26)31)14-17-12-19(25)22(20(13-17)28-4)30-8-6-7-29-18-10-15(2)9-16(3)11-18/h9-14H,5-8H2,1-4H3/b21-14-. The summed E-state index contributed by atoms with van der Waals surface area (Å²) >= 11 is 13.0. The van der Waals surface area contributed by atoms with E-state index < -0.39 is 0 Å². The lowest BCUT2D eigenvalue weighted by atomic mass is 10.1. The van der Waals surface area contributed by atoms with Gasteiger partial charge in [-0.15, -0.1) is 0 Å². The summed E-state index contributed by atoms with van der Waals surface area (Å²) in [6.45, 7) is 7.49. The zero-order valence-electron chi connectivity index (χ0n) is 18.6. The van der Waals surface area contributed by atoms with Gasteiger partial charge in [-0.25, -0.2) is 0 Å². The van der Waals surface area contributed by atoms with Crippen LogP contribution in [0.5, 0.6) is 17.2 Å². The van der Waals surface area contributed by atoms with Crippen molar-refractivity contribution >= 4 is 51.9 Å². The summed E-state index contributed by atoms with van der Waals surface area (Å²) in [6, 6.07) is 9.69. The van der Waals surface area contributed by atoms with Crippen LogP contribution in [0.15, 0.2) is 35.2 Å². The second-order valence-corrected chi connectivity index (χ2v) is 9.42. The van der Waals surface area contributed by atoms with Crippen LogP contribution in [-0.4, -0.2) is 42.0 Å². The molecule has 0 saturated carbocycles. The maximum Gasteiger partial charge on any atom is 0.266 e. The molecule has 0 aromatic heterocycles. The fourth-order valence-corrected chi connectivity index (χ4v) is 4.98. The van der Waals surface area contributed by atoms with Gasteiger partial charge in [0.15, 0.2) is 11.5 Å². The number of carbonyl (C=O) groups is 1. The smallest absolute Gasteiger partial charge is 0.266 e. The molecule has 1 heterocycles. The summed E-state index contributed by atoms with van der Waals surface area (Å²) in [5.41, 5.74) is 3.09. The molecule has 32 heavy (non-hydrogen) atoms. The number of aryl methyl sites for hydroxylation is 2. The second-order valence-electron chi connectivity index (χ2n) is 7.33. The molecule has 5 nitrogen and oxygen atoms in total. The van der Waals surface area contributed by atoms with Crippen LogP contribution in [0.1, 0.15) is 30.0 Å². The van der Waals surface area contributed by atoms with Crippen LogP contribution in [0.25, 0.3) is 6.08 Å². The van der Waals surface area contributed by atoms with Crippen molar-refractivity contribution < 1.29 is 19.0 Å². The quantitative estimate of drug-likeness (QED) is 0.242. The van der Waals surface area contributed by atoms with E-state index in [2.05, 4.69) is 6.07 Å². The molecule has 0 radical (unpaired) electrons. The predicted octanol–water partition coefficient (Wildman–Crippen LogP) is 6.03. The fraction of sp³-hybridized carbons (Fsp3) is 0.333. The summed E-state index contributed by atoms with van der Waals surface area (Å²) in [5.74, 6) is 1.74. The van der Waals surface area contributed by atoms with E-state index in [-0.39, 0.29) is 5.91 Å². The van der Waals surface area contributed by atoms with E-state index in [0.717, 1.165) is 11.3 Å². The van der Waals surface area contributed by atoms with Crippen molar-refractivity contribution in [1.82, 2.24) is 4.90 Å². The first-order chi connectivity index (χ1) is 15.3. The van der Waals surface area contributed by atoms with Gasteiger partial charge in [0.2, 0.25) is 0 Å². The molecular formula is C24H26ClNO4S2. The first-order valence-corrected chi connectivity index (χ1v) is 11.9. The number of hydrogen-bond donors (Lipinski definition) is 0. The van der Waals surface area contributed by atoms with Crippen molar-refractivity contribution in [3.63, 3.8) is 0 Å². The summed E-state index contributed by atoms with van der Waals surface area (Å²) < 4.78 is 17.7. The first-order valence-electron chi connectivity index (χ1n) is 10.3. The van der Waals surface area contributed by atoms with Gasteiger partial charge in [-0.05, 0) is 67.8 Å². The van der Waals surface area contributed by atoms with E-state index in [0.29, 0.717) is 51.9 Å². The van der Waals surface area contributed by atoms with Gasteiger partial charge < -0.3 is 14.2 Å². The van der Waals surface area contributed by atoms with E-state index in [4.69, 9.17) is 38.0 Å². The van der Waals surface area contributed by atoms with Gasteiger partial charge in [0.1, 0.15) is 10.1 Å². The lowest BCUT2D eigenvalue weighted by Crippen LogP contribution is -2.27. The predicted molar refractivity (Wildman–Crippen MR) is 135 cm³/mol. The summed E-state index contributed by atoms with van der Waals surface area (Å²) in [7, 11) is 1.56. The topological polar surface area (TPSA) is 48.0 Å². The van der Waals surface area contributed by atoms with Gasteiger partial charge in [0.25, 0.3) is 5.91 Å². The molecule has 170 valence electrons. The van der Waals surface area contributed by atoms with Gasteiger partial charge >= 0.3 is 0 Å². The van der Waals surface area contributed by atoms with Crippen LogP contribution in [0, 0.1) is 13.8 Å². The van der Waals surface area contributed by atoms with E-state index in [1.807, 2.05) is 32.9 Å². The van der Waals surface area contributed by atoms with E-state index >= 15 is 0 Å². The Hall–Kier alpha value is -2.22. The average Bonchev–Trinajstić information content (AvgIpc) is 3.00. The van der Waals surface area contributed by atoms with Crippen LogP contribution in [-0.2, 0) is 4.79 Å². The molecule has 0 atom stereocenters. The largest absolute Gasteiger partial charge is 0.493 e. The number of thiocarbonyl (C=S) groups is 1. The van der Waals surface area contributed by atoms with Gasteiger partial charge in [0, 0.05) is 13.0 Å². The first kappa shape index (κ1) is 24.4. The number of likely N-dealkylation sites (N-methyl/N-ethyl adjacent to an activating group) is 1. The third kappa shape index (κ3) is 5.97. The van der Waals surface area contributed by atoms with Crippen LogP contribution in [0.2, 0.25) is 5.02 Å². The van der Waals surface area contributed by atoms with E-state index in [1.165, 1.54) is 22.9 Å². The number of hydrogen-bond acceptors (Lipinski definition) is 6. The van der Waals surface area contributed by atoms with Crippen molar-refractivity contribution in [3.05, 3.63) is 56.9 Å². The molecule has 0 spiro atoms. The van der Waals surface area contributed by atoms with Gasteiger partial charge in [0.05, 0.1) is 30.3 Å². The number of thioether (sulfide) groups is 1. The summed E-state index contributed by atoms with van der Waals surface area (Å²) in [6.07, 6.45) is 2.46. The molecule has 1 amide bonds. The average molecular weight is 492 g/mol. The number of benzene rings is 2. The third-order valence-corrected chi connectivity index (χ3v) is 6.40. The Labute approximate surface area is 203 Å². The molecule has 1 aliphatic heterocycles. The molecule has 0 unspecified atom stereocenters. The third-order valence-electron chi connectivity index (χ3n) is 4.74. The van der Waals surface area contributed by atoms with Crippen LogP contribution >= 0.6 is 35.6 Å². The molecule has 3 rings (SSSR count). The van der Waals surface area contributed by atoms with Crippen molar-refractivity contribution in [1.29, 1.82) is 0 Å². The monoisotopic (exact) mass is 491 g/mol. The van der Waals surface area contributed by atoms with Crippen molar-refractivity contribution in [2.24, 2.45) is 0 Å². The molecule has 2 aromatic rings. The zero-order chi connectivity index (χ0) is 23.3. The Morgan fingerprint density at radius 3 is 2.41 bits per heavy atom. The highest BCUT2D eigenvalue weighted by molar-refractivity contribution is 8.26. The minimum Gasteiger partial charge on any atom is -0.493 e. The van der Waals surface area contributed by atoms with Gasteiger partial charge in [-0.1, -0.05) is 41.6 Å². The number of nitrogens with zero attached hydrogens (tertiary/aromatic N) is 1. The fourth-order valence-electron chi connectivity index (χ4n) is 3.33. The van der Waals surface area contributed by atoms with Crippen molar-refractivity contribution in [2.75, 3.05) is 26.9 Å². The molecule has 1 fully saturated rings. The number of halogens is 1. The maximum absolute atomic E-state index is 12.4. The number of rotatable bonds is 9.